The summed E-state index contributed by atoms with van der Waals surface area (Å²) in [6.45, 7) is 0. The second-order valence-corrected chi connectivity index (χ2v) is 3.95. The highest BCUT2D eigenvalue weighted by Gasteiger charge is 2.29. The maximum atomic E-state index is 12.0. The van der Waals surface area contributed by atoms with Gasteiger partial charge in [-0.2, -0.15) is 18.4 Å². The van der Waals surface area contributed by atoms with Crippen LogP contribution in [0.1, 0.15) is 18.4 Å². The Balaban J connectivity index is 2.57. The molecule has 1 aromatic carbocycles. The van der Waals surface area contributed by atoms with Gasteiger partial charge < -0.3 is 0 Å². The van der Waals surface area contributed by atoms with Gasteiger partial charge in [0.25, 0.3) is 0 Å². The van der Waals surface area contributed by atoms with Gasteiger partial charge in [-0.15, -0.1) is 0 Å². The van der Waals surface area contributed by atoms with Crippen molar-refractivity contribution in [1.29, 1.82) is 5.26 Å². The summed E-state index contributed by atoms with van der Waals surface area (Å²) in [5, 5.41) is 8.84. The third kappa shape index (κ3) is 5.00. The molecule has 0 bridgehead atoms. The van der Waals surface area contributed by atoms with E-state index in [2.05, 4.69) is 0 Å². The van der Waals surface area contributed by atoms with Crippen molar-refractivity contribution in [3.05, 3.63) is 35.9 Å². The van der Waals surface area contributed by atoms with Crippen LogP contribution in [0.3, 0.4) is 0 Å². The standard InChI is InChI=1S/C13H12F3NO/c14-13(15,16)7-6-12(18)11(9-17)8-10-4-2-1-3-5-10/h1-5,11H,6-8H2. The third-order valence-electron chi connectivity index (χ3n) is 2.48. The number of hydrogen-bond donors (Lipinski definition) is 0. The summed E-state index contributed by atoms with van der Waals surface area (Å²) in [5.41, 5.74) is 0.768. The van der Waals surface area contributed by atoms with E-state index in [1.54, 1.807) is 36.4 Å². The zero-order valence-electron chi connectivity index (χ0n) is 9.57. The lowest BCUT2D eigenvalue weighted by Gasteiger charge is -2.09. The molecule has 2 nitrogen and oxygen atoms in total. The van der Waals surface area contributed by atoms with E-state index < -0.39 is 30.7 Å². The van der Waals surface area contributed by atoms with Gasteiger partial charge in [0.15, 0.2) is 5.78 Å². The van der Waals surface area contributed by atoms with Gasteiger partial charge in [0, 0.05) is 6.42 Å². The number of hydrogen-bond acceptors (Lipinski definition) is 2. The molecule has 0 N–H and O–H groups in total. The Bertz CT molecular complexity index is 434. The number of alkyl halides is 3. The minimum absolute atomic E-state index is 0.161. The van der Waals surface area contributed by atoms with E-state index in [0.717, 1.165) is 5.56 Å². The highest BCUT2D eigenvalue weighted by atomic mass is 19.4. The van der Waals surface area contributed by atoms with Crippen LogP contribution < -0.4 is 0 Å². The lowest BCUT2D eigenvalue weighted by molar-refractivity contribution is -0.144. The smallest absolute Gasteiger partial charge is 0.298 e. The molecule has 0 radical (unpaired) electrons. The third-order valence-corrected chi connectivity index (χ3v) is 2.48. The van der Waals surface area contributed by atoms with Gasteiger partial charge in [-0.3, -0.25) is 4.79 Å². The molecule has 0 aliphatic rings. The van der Waals surface area contributed by atoms with E-state index in [1.165, 1.54) is 0 Å². The Morgan fingerprint density at radius 3 is 2.39 bits per heavy atom. The fourth-order valence-electron chi connectivity index (χ4n) is 1.52. The van der Waals surface area contributed by atoms with E-state index >= 15 is 0 Å². The molecule has 0 saturated heterocycles. The molecule has 0 spiro atoms. The fraction of sp³-hybridized carbons (Fsp3) is 0.385. The van der Waals surface area contributed by atoms with Crippen molar-refractivity contribution in [3.63, 3.8) is 0 Å². The van der Waals surface area contributed by atoms with Gasteiger partial charge in [-0.1, -0.05) is 30.3 Å². The number of ketones is 1. The molecule has 1 atom stereocenters. The van der Waals surface area contributed by atoms with Gasteiger partial charge in [0.1, 0.15) is 5.92 Å². The topological polar surface area (TPSA) is 40.9 Å². The Morgan fingerprint density at radius 2 is 1.89 bits per heavy atom. The predicted molar refractivity (Wildman–Crippen MR) is 59.5 cm³/mol. The first kappa shape index (κ1) is 14.2. The fourth-order valence-corrected chi connectivity index (χ4v) is 1.52. The molecular formula is C13H12F3NO. The average molecular weight is 255 g/mol. The first-order valence-corrected chi connectivity index (χ1v) is 5.45. The maximum Gasteiger partial charge on any atom is 0.389 e. The zero-order chi connectivity index (χ0) is 13.6. The molecule has 96 valence electrons. The molecule has 5 heteroatoms. The van der Waals surface area contributed by atoms with E-state index in [0.29, 0.717) is 0 Å². The predicted octanol–water partition coefficient (Wildman–Crippen LogP) is 3.28. The van der Waals surface area contributed by atoms with Crippen molar-refractivity contribution >= 4 is 5.78 Å². The second-order valence-electron chi connectivity index (χ2n) is 3.95. The van der Waals surface area contributed by atoms with Gasteiger partial charge in [0.05, 0.1) is 12.5 Å². The molecule has 0 fully saturated rings. The van der Waals surface area contributed by atoms with Crippen LogP contribution in [0, 0.1) is 17.2 Å². The zero-order valence-corrected chi connectivity index (χ0v) is 9.57. The quantitative estimate of drug-likeness (QED) is 0.810. The molecule has 1 rings (SSSR count). The number of carbonyl (C=O) groups excluding carboxylic acids is 1. The summed E-state index contributed by atoms with van der Waals surface area (Å²) < 4.78 is 35.9. The molecule has 0 aliphatic heterocycles. The lowest BCUT2D eigenvalue weighted by Crippen LogP contribution is -2.18. The first-order valence-electron chi connectivity index (χ1n) is 5.45. The summed E-state index contributed by atoms with van der Waals surface area (Å²) in [5.74, 6) is -1.66. The number of Topliss-reactive ketones (excluding diaryl/α,β-unsaturated/α-hetero) is 1. The number of rotatable bonds is 5. The van der Waals surface area contributed by atoms with E-state index in [9.17, 15) is 18.0 Å². The normalized spacial score (nSPS) is 12.8. The van der Waals surface area contributed by atoms with Crippen LogP contribution in [-0.4, -0.2) is 12.0 Å². The maximum absolute atomic E-state index is 12.0. The van der Waals surface area contributed by atoms with Crippen molar-refractivity contribution in [2.24, 2.45) is 5.92 Å². The summed E-state index contributed by atoms with van der Waals surface area (Å²) in [4.78, 5) is 11.5. The van der Waals surface area contributed by atoms with Gasteiger partial charge in [-0.25, -0.2) is 0 Å². The van der Waals surface area contributed by atoms with E-state index in [1.807, 2.05) is 0 Å². The number of halogens is 3. The van der Waals surface area contributed by atoms with Crippen LogP contribution in [0.5, 0.6) is 0 Å². The minimum Gasteiger partial charge on any atom is -0.298 e. The molecule has 0 amide bonds. The molecule has 0 heterocycles. The number of nitriles is 1. The van der Waals surface area contributed by atoms with Crippen molar-refractivity contribution in [1.82, 2.24) is 0 Å². The van der Waals surface area contributed by atoms with E-state index in [4.69, 9.17) is 5.26 Å². The van der Waals surface area contributed by atoms with E-state index in [-0.39, 0.29) is 6.42 Å². The molecule has 0 aromatic heterocycles. The Hall–Kier alpha value is -1.83. The van der Waals surface area contributed by atoms with Crippen LogP contribution in [0.25, 0.3) is 0 Å². The van der Waals surface area contributed by atoms with Gasteiger partial charge >= 0.3 is 6.18 Å². The Kier molecular flexibility index (Phi) is 4.90. The first-order chi connectivity index (χ1) is 8.42. The van der Waals surface area contributed by atoms with Crippen LogP contribution in [0.15, 0.2) is 30.3 Å². The Morgan fingerprint density at radius 1 is 1.28 bits per heavy atom. The van der Waals surface area contributed by atoms with Crippen molar-refractivity contribution < 1.29 is 18.0 Å². The summed E-state index contributed by atoms with van der Waals surface area (Å²) in [7, 11) is 0. The Labute approximate surface area is 103 Å². The van der Waals surface area contributed by atoms with Crippen LogP contribution in [0.4, 0.5) is 13.2 Å². The van der Waals surface area contributed by atoms with Gasteiger partial charge in [-0.05, 0) is 12.0 Å². The lowest BCUT2D eigenvalue weighted by atomic mass is 9.94. The second kappa shape index (κ2) is 6.20. The van der Waals surface area contributed by atoms with Crippen molar-refractivity contribution in [2.45, 2.75) is 25.4 Å². The summed E-state index contributed by atoms with van der Waals surface area (Å²) >= 11 is 0. The summed E-state index contributed by atoms with van der Waals surface area (Å²) in [6, 6.07) is 10.5. The monoisotopic (exact) mass is 255 g/mol. The van der Waals surface area contributed by atoms with Crippen LogP contribution in [-0.2, 0) is 11.2 Å². The SMILES string of the molecule is N#CC(Cc1ccccc1)C(=O)CCC(F)(F)F. The van der Waals surface area contributed by atoms with Crippen molar-refractivity contribution in [3.8, 4) is 6.07 Å². The number of benzene rings is 1. The van der Waals surface area contributed by atoms with Gasteiger partial charge in [0.2, 0.25) is 0 Å². The van der Waals surface area contributed by atoms with Crippen LogP contribution in [0.2, 0.25) is 0 Å². The molecule has 18 heavy (non-hydrogen) atoms. The minimum atomic E-state index is -4.36. The highest BCUT2D eigenvalue weighted by Crippen LogP contribution is 2.23. The molecular weight excluding hydrogens is 243 g/mol. The highest BCUT2D eigenvalue weighted by molar-refractivity contribution is 5.83. The molecule has 0 saturated carbocycles. The molecule has 1 unspecified atom stereocenters. The number of carbonyl (C=O) groups is 1. The molecule has 1 aromatic rings. The molecule has 0 aliphatic carbocycles. The number of nitrogens with zero attached hydrogens (tertiary/aromatic N) is 1. The average Bonchev–Trinajstić information content (AvgIpc) is 2.33. The van der Waals surface area contributed by atoms with Crippen LogP contribution >= 0.6 is 0 Å². The largest absolute Gasteiger partial charge is 0.389 e. The van der Waals surface area contributed by atoms with Crippen molar-refractivity contribution in [2.75, 3.05) is 0 Å². The summed E-state index contributed by atoms with van der Waals surface area (Å²) in [6.07, 6.45) is -6.00.